The first kappa shape index (κ1) is 11.3. The van der Waals surface area contributed by atoms with Gasteiger partial charge in [-0.1, -0.05) is 36.4 Å². The van der Waals surface area contributed by atoms with Gasteiger partial charge >= 0.3 is 0 Å². The van der Waals surface area contributed by atoms with Gasteiger partial charge in [0.2, 0.25) is 0 Å². The molecule has 3 heteroatoms. The first-order valence-corrected chi connectivity index (χ1v) is 6.22. The molecule has 0 spiro atoms. The molecule has 0 saturated carbocycles. The lowest BCUT2D eigenvalue weighted by Gasteiger charge is -2.14. The van der Waals surface area contributed by atoms with Crippen LogP contribution in [0.4, 0.5) is 0 Å². The second-order valence-corrected chi connectivity index (χ2v) is 4.74. The van der Waals surface area contributed by atoms with E-state index in [4.69, 9.17) is 5.21 Å². The third-order valence-corrected chi connectivity index (χ3v) is 3.64. The molecule has 0 saturated heterocycles. The zero-order chi connectivity index (χ0) is 11.2. The van der Waals surface area contributed by atoms with Gasteiger partial charge in [0, 0.05) is 17.3 Å². The van der Waals surface area contributed by atoms with E-state index < -0.39 is 0 Å². The normalized spacial score (nSPS) is 12.6. The van der Waals surface area contributed by atoms with Crippen molar-refractivity contribution in [1.82, 2.24) is 5.48 Å². The van der Waals surface area contributed by atoms with Crippen molar-refractivity contribution >= 4 is 11.3 Å². The molecular formula is C13H15NOS. The zero-order valence-electron chi connectivity index (χ0n) is 8.97. The zero-order valence-corrected chi connectivity index (χ0v) is 9.78. The third-order valence-electron chi connectivity index (χ3n) is 2.61. The van der Waals surface area contributed by atoms with Crippen LogP contribution in [0, 0.1) is 0 Å². The molecule has 2 N–H and O–H groups in total. The minimum atomic E-state index is 0.340. The lowest BCUT2D eigenvalue weighted by atomic mass is 9.98. The van der Waals surface area contributed by atoms with E-state index >= 15 is 0 Å². The first-order chi connectivity index (χ1) is 7.90. The van der Waals surface area contributed by atoms with Gasteiger partial charge in [-0.3, -0.25) is 0 Å². The van der Waals surface area contributed by atoms with Crippen molar-refractivity contribution in [3.8, 4) is 0 Å². The molecule has 1 heterocycles. The lowest BCUT2D eigenvalue weighted by Crippen LogP contribution is -2.18. The summed E-state index contributed by atoms with van der Waals surface area (Å²) in [7, 11) is 0. The molecule has 84 valence electrons. The molecule has 2 rings (SSSR count). The summed E-state index contributed by atoms with van der Waals surface area (Å²) >= 11 is 1.74. The maximum Gasteiger partial charge on any atom is 0.0287 e. The third kappa shape index (κ3) is 2.92. The highest BCUT2D eigenvalue weighted by Crippen LogP contribution is 2.24. The summed E-state index contributed by atoms with van der Waals surface area (Å²) < 4.78 is 0. The van der Waals surface area contributed by atoms with Gasteiger partial charge in [0.05, 0.1) is 0 Å². The van der Waals surface area contributed by atoms with E-state index in [2.05, 4.69) is 35.1 Å². The highest BCUT2D eigenvalue weighted by molar-refractivity contribution is 7.10. The highest BCUT2D eigenvalue weighted by Gasteiger charge is 2.12. The summed E-state index contributed by atoms with van der Waals surface area (Å²) in [6.45, 7) is 0.593. The van der Waals surface area contributed by atoms with Gasteiger partial charge in [-0.05, 0) is 23.4 Å². The molecule has 2 aromatic rings. The molecule has 1 atom stereocenters. The van der Waals surface area contributed by atoms with Gasteiger partial charge < -0.3 is 5.21 Å². The Bertz CT molecular complexity index is 399. The fourth-order valence-corrected chi connectivity index (χ4v) is 2.64. The molecule has 1 unspecified atom stereocenters. The van der Waals surface area contributed by atoms with Crippen LogP contribution in [0.25, 0.3) is 0 Å². The van der Waals surface area contributed by atoms with E-state index in [1.807, 2.05) is 18.2 Å². The Balaban J connectivity index is 2.09. The average Bonchev–Trinajstić information content (AvgIpc) is 2.83. The lowest BCUT2D eigenvalue weighted by molar-refractivity contribution is 0.160. The van der Waals surface area contributed by atoms with Crippen LogP contribution in [0.15, 0.2) is 47.8 Å². The van der Waals surface area contributed by atoms with Crippen molar-refractivity contribution in [3.05, 3.63) is 58.3 Å². The summed E-state index contributed by atoms with van der Waals surface area (Å²) in [6.07, 6.45) is 0.953. The molecule has 16 heavy (non-hydrogen) atoms. The Morgan fingerprint density at radius 2 is 1.94 bits per heavy atom. The van der Waals surface area contributed by atoms with Crippen molar-refractivity contribution in [3.63, 3.8) is 0 Å². The Kier molecular flexibility index (Phi) is 4.10. The van der Waals surface area contributed by atoms with E-state index in [0.29, 0.717) is 12.5 Å². The standard InChI is InChI=1S/C13H15NOS/c15-14-10-12(13-7-4-8-16-13)9-11-5-2-1-3-6-11/h1-8,12,14-15H,9-10H2. The van der Waals surface area contributed by atoms with Gasteiger partial charge in [0.15, 0.2) is 0 Å². The topological polar surface area (TPSA) is 32.3 Å². The van der Waals surface area contributed by atoms with E-state index in [0.717, 1.165) is 6.42 Å². The molecule has 0 fully saturated rings. The van der Waals surface area contributed by atoms with Crippen LogP contribution in [0.5, 0.6) is 0 Å². The predicted octanol–water partition coefficient (Wildman–Crippen LogP) is 3.05. The number of hydrogen-bond acceptors (Lipinski definition) is 3. The molecular weight excluding hydrogens is 218 g/mol. The minimum absolute atomic E-state index is 0.340. The summed E-state index contributed by atoms with van der Waals surface area (Å²) in [5.41, 5.74) is 3.58. The Hall–Kier alpha value is -1.16. The van der Waals surface area contributed by atoms with Crippen LogP contribution < -0.4 is 5.48 Å². The summed E-state index contributed by atoms with van der Waals surface area (Å²) in [6, 6.07) is 14.5. The van der Waals surface area contributed by atoms with Gasteiger partial charge in [-0.2, -0.15) is 0 Å². The second kappa shape index (κ2) is 5.80. The molecule has 0 amide bonds. The van der Waals surface area contributed by atoms with Crippen LogP contribution in [0.2, 0.25) is 0 Å². The molecule has 0 bridgehead atoms. The number of benzene rings is 1. The fourth-order valence-electron chi connectivity index (χ4n) is 1.81. The van der Waals surface area contributed by atoms with E-state index in [1.165, 1.54) is 10.4 Å². The summed E-state index contributed by atoms with van der Waals surface area (Å²) in [5.74, 6) is 0.340. The van der Waals surface area contributed by atoms with Crippen molar-refractivity contribution in [2.24, 2.45) is 0 Å². The molecule has 1 aromatic heterocycles. The monoisotopic (exact) mass is 233 g/mol. The number of hydrogen-bond donors (Lipinski definition) is 2. The van der Waals surface area contributed by atoms with Crippen molar-refractivity contribution in [2.45, 2.75) is 12.3 Å². The second-order valence-electron chi connectivity index (χ2n) is 3.76. The Morgan fingerprint density at radius 1 is 1.12 bits per heavy atom. The quantitative estimate of drug-likeness (QED) is 0.778. The number of rotatable bonds is 5. The van der Waals surface area contributed by atoms with Crippen LogP contribution in [0.3, 0.4) is 0 Å². The predicted molar refractivity (Wildman–Crippen MR) is 67.0 cm³/mol. The Labute approximate surface area is 99.5 Å². The maximum atomic E-state index is 8.87. The molecule has 1 aromatic carbocycles. The summed E-state index contributed by atoms with van der Waals surface area (Å²) in [5, 5.41) is 10.9. The SMILES string of the molecule is ONCC(Cc1ccccc1)c1cccs1. The van der Waals surface area contributed by atoms with Gasteiger partial charge in [-0.25, -0.2) is 5.48 Å². The number of hydroxylamine groups is 1. The summed E-state index contributed by atoms with van der Waals surface area (Å²) in [4.78, 5) is 1.31. The van der Waals surface area contributed by atoms with Crippen LogP contribution >= 0.6 is 11.3 Å². The maximum absolute atomic E-state index is 8.87. The van der Waals surface area contributed by atoms with Gasteiger partial charge in [0.25, 0.3) is 0 Å². The molecule has 0 radical (unpaired) electrons. The fraction of sp³-hybridized carbons (Fsp3) is 0.231. The van der Waals surface area contributed by atoms with Crippen molar-refractivity contribution < 1.29 is 5.21 Å². The van der Waals surface area contributed by atoms with E-state index in [-0.39, 0.29) is 0 Å². The molecule has 2 nitrogen and oxygen atoms in total. The number of thiophene rings is 1. The average molecular weight is 233 g/mol. The highest BCUT2D eigenvalue weighted by atomic mass is 32.1. The van der Waals surface area contributed by atoms with Gasteiger partial charge in [0.1, 0.15) is 0 Å². The van der Waals surface area contributed by atoms with Crippen LogP contribution in [-0.4, -0.2) is 11.8 Å². The van der Waals surface area contributed by atoms with E-state index in [9.17, 15) is 0 Å². The van der Waals surface area contributed by atoms with E-state index in [1.54, 1.807) is 11.3 Å². The Morgan fingerprint density at radius 3 is 2.56 bits per heavy atom. The molecule has 0 aliphatic carbocycles. The largest absolute Gasteiger partial charge is 0.317 e. The molecule has 0 aliphatic heterocycles. The smallest absolute Gasteiger partial charge is 0.0287 e. The van der Waals surface area contributed by atoms with Crippen molar-refractivity contribution in [2.75, 3.05) is 6.54 Å². The first-order valence-electron chi connectivity index (χ1n) is 5.34. The van der Waals surface area contributed by atoms with Crippen LogP contribution in [0.1, 0.15) is 16.4 Å². The van der Waals surface area contributed by atoms with Crippen LogP contribution in [-0.2, 0) is 6.42 Å². The minimum Gasteiger partial charge on any atom is -0.317 e. The molecule has 0 aliphatic rings. The number of nitrogens with one attached hydrogen (secondary N) is 1. The van der Waals surface area contributed by atoms with Crippen molar-refractivity contribution in [1.29, 1.82) is 0 Å². The van der Waals surface area contributed by atoms with Gasteiger partial charge in [-0.15, -0.1) is 11.3 Å².